The Balaban J connectivity index is 1.85. The number of nitrogens with zero attached hydrogens (tertiary/aromatic N) is 4. The summed E-state index contributed by atoms with van der Waals surface area (Å²) in [6.45, 7) is 1.85. The van der Waals surface area contributed by atoms with Gasteiger partial charge in [-0.1, -0.05) is 6.07 Å². The van der Waals surface area contributed by atoms with E-state index in [4.69, 9.17) is 10.5 Å². The smallest absolute Gasteiger partial charge is 0.325 e. The van der Waals surface area contributed by atoms with Gasteiger partial charge in [0.1, 0.15) is 12.1 Å². The lowest BCUT2D eigenvalue weighted by molar-refractivity contribution is 0.404. The van der Waals surface area contributed by atoms with Crippen molar-refractivity contribution in [1.82, 2.24) is 19.6 Å². The van der Waals surface area contributed by atoms with Crippen LogP contribution in [0.25, 0.3) is 16.9 Å². The van der Waals surface area contributed by atoms with Gasteiger partial charge in [0, 0.05) is 22.9 Å². The topological polar surface area (TPSA) is 119 Å². The van der Waals surface area contributed by atoms with Gasteiger partial charge in [0.25, 0.3) is 0 Å². The number of aromatic nitrogens is 4. The first-order valence-electron chi connectivity index (χ1n) is 7.79. The molecular weight excluding hydrogens is 334 g/mol. The number of hydrogen-bond donors (Lipinski definition) is 3. The fraction of sp³-hybridized carbons (Fsp3) is 0.0556. The molecule has 0 unspecified atom stereocenters. The number of nitrogens with two attached hydrogens (primary N) is 1. The number of hydrogen-bond acceptors (Lipinski definition) is 7. The first-order chi connectivity index (χ1) is 12.5. The summed E-state index contributed by atoms with van der Waals surface area (Å²) in [5, 5.41) is 23.4. The van der Waals surface area contributed by atoms with Crippen LogP contribution in [0.4, 0.5) is 5.69 Å². The van der Waals surface area contributed by atoms with E-state index in [1.165, 1.54) is 23.0 Å². The molecule has 130 valence electrons. The Bertz CT molecular complexity index is 1120. The number of aromatic hydroxyl groups is 2. The van der Waals surface area contributed by atoms with Crippen molar-refractivity contribution in [3.63, 3.8) is 0 Å². The van der Waals surface area contributed by atoms with Crippen LogP contribution in [0.15, 0.2) is 48.8 Å². The zero-order valence-electron chi connectivity index (χ0n) is 13.8. The van der Waals surface area contributed by atoms with Crippen LogP contribution < -0.4 is 10.5 Å². The van der Waals surface area contributed by atoms with Crippen LogP contribution in [0.3, 0.4) is 0 Å². The van der Waals surface area contributed by atoms with Crippen molar-refractivity contribution in [2.45, 2.75) is 6.92 Å². The van der Waals surface area contributed by atoms with E-state index in [2.05, 4.69) is 15.1 Å². The van der Waals surface area contributed by atoms with E-state index in [-0.39, 0.29) is 17.5 Å². The van der Waals surface area contributed by atoms with Crippen molar-refractivity contribution in [3.05, 3.63) is 54.4 Å². The van der Waals surface area contributed by atoms with E-state index in [0.717, 1.165) is 5.56 Å². The average Bonchev–Trinajstić information content (AvgIpc) is 3.10. The maximum atomic E-state index is 9.75. The Kier molecular flexibility index (Phi) is 3.58. The maximum absolute atomic E-state index is 9.75. The maximum Gasteiger partial charge on any atom is 0.325 e. The molecular formula is C18H15N5O3. The van der Waals surface area contributed by atoms with E-state index in [1.54, 1.807) is 30.3 Å². The molecule has 0 bridgehead atoms. The molecule has 2 aromatic carbocycles. The summed E-state index contributed by atoms with van der Waals surface area (Å²) in [6, 6.07) is 11.7. The van der Waals surface area contributed by atoms with Crippen molar-refractivity contribution in [3.8, 4) is 34.5 Å². The predicted molar refractivity (Wildman–Crippen MR) is 95.2 cm³/mol. The molecule has 0 saturated carbocycles. The molecule has 0 fully saturated rings. The first-order valence-corrected chi connectivity index (χ1v) is 7.79. The highest BCUT2D eigenvalue weighted by Crippen LogP contribution is 2.32. The van der Waals surface area contributed by atoms with Crippen LogP contribution in [0.2, 0.25) is 0 Å². The molecule has 0 amide bonds. The number of ether oxygens (including phenoxy) is 1. The summed E-state index contributed by atoms with van der Waals surface area (Å²) < 4.78 is 7.40. The van der Waals surface area contributed by atoms with Gasteiger partial charge in [-0.25, -0.2) is 4.98 Å². The van der Waals surface area contributed by atoms with Gasteiger partial charge in [-0.15, -0.1) is 0 Å². The lowest BCUT2D eigenvalue weighted by atomic mass is 10.1. The molecule has 0 saturated heterocycles. The second-order valence-corrected chi connectivity index (χ2v) is 5.73. The molecule has 0 radical (unpaired) electrons. The Hall–Kier alpha value is -3.81. The van der Waals surface area contributed by atoms with Crippen molar-refractivity contribution in [2.75, 3.05) is 5.73 Å². The minimum absolute atomic E-state index is 0.204. The van der Waals surface area contributed by atoms with Gasteiger partial charge in [0.05, 0.1) is 5.69 Å². The molecule has 4 N–H and O–H groups in total. The number of phenols is 2. The van der Waals surface area contributed by atoms with Crippen molar-refractivity contribution < 1.29 is 14.9 Å². The zero-order valence-corrected chi connectivity index (χ0v) is 13.8. The monoisotopic (exact) mass is 349 g/mol. The Morgan fingerprint density at radius 1 is 1.08 bits per heavy atom. The van der Waals surface area contributed by atoms with Crippen molar-refractivity contribution in [2.24, 2.45) is 0 Å². The van der Waals surface area contributed by atoms with Gasteiger partial charge in [-0.3, -0.25) is 0 Å². The van der Waals surface area contributed by atoms with E-state index in [9.17, 15) is 10.2 Å². The molecule has 0 aliphatic heterocycles. The van der Waals surface area contributed by atoms with Gasteiger partial charge in [0.15, 0.2) is 17.1 Å². The molecule has 4 rings (SSSR count). The first kappa shape index (κ1) is 15.7. The van der Waals surface area contributed by atoms with Crippen LogP contribution in [0, 0.1) is 6.92 Å². The van der Waals surface area contributed by atoms with Gasteiger partial charge in [-0.05, 0) is 37.3 Å². The van der Waals surface area contributed by atoms with Crippen LogP contribution in [0.5, 0.6) is 23.3 Å². The molecule has 8 nitrogen and oxygen atoms in total. The lowest BCUT2D eigenvalue weighted by Crippen LogP contribution is -2.02. The predicted octanol–water partition coefficient (Wildman–Crippen LogP) is 2.89. The fourth-order valence-electron chi connectivity index (χ4n) is 2.54. The van der Waals surface area contributed by atoms with Gasteiger partial charge < -0.3 is 20.7 Å². The van der Waals surface area contributed by atoms with Gasteiger partial charge in [-0.2, -0.15) is 14.6 Å². The molecule has 26 heavy (non-hydrogen) atoms. The highest BCUT2D eigenvalue weighted by atomic mass is 16.5. The fourth-order valence-corrected chi connectivity index (χ4v) is 2.54. The molecule has 2 aromatic heterocycles. The molecule has 4 aromatic rings. The highest BCUT2D eigenvalue weighted by molar-refractivity contribution is 5.67. The molecule has 8 heteroatoms. The van der Waals surface area contributed by atoms with Crippen LogP contribution >= 0.6 is 0 Å². The minimum atomic E-state index is -0.236. The molecule has 0 aliphatic rings. The van der Waals surface area contributed by atoms with E-state index in [0.29, 0.717) is 28.3 Å². The SMILES string of the molecule is Cc1c(N)cccc1Oc1nc(-c2ccc(O)c(O)c2)cc2ncnn12. The molecule has 0 atom stereocenters. The Morgan fingerprint density at radius 2 is 1.92 bits per heavy atom. The average molecular weight is 349 g/mol. The lowest BCUT2D eigenvalue weighted by Gasteiger charge is -2.11. The van der Waals surface area contributed by atoms with Crippen LogP contribution in [-0.4, -0.2) is 29.8 Å². The Morgan fingerprint density at radius 3 is 2.73 bits per heavy atom. The van der Waals surface area contributed by atoms with Crippen LogP contribution in [0.1, 0.15) is 5.56 Å². The summed E-state index contributed by atoms with van der Waals surface area (Å²) in [5.41, 5.74) is 8.96. The van der Waals surface area contributed by atoms with E-state index in [1.807, 2.05) is 6.92 Å². The summed E-state index contributed by atoms with van der Waals surface area (Å²) in [5.74, 6) is 0.115. The normalized spacial score (nSPS) is 11.0. The summed E-state index contributed by atoms with van der Waals surface area (Å²) in [4.78, 5) is 8.67. The molecule has 0 aliphatic carbocycles. The van der Waals surface area contributed by atoms with Crippen molar-refractivity contribution >= 4 is 11.3 Å². The molecule has 0 spiro atoms. The van der Waals surface area contributed by atoms with Gasteiger partial charge >= 0.3 is 6.01 Å². The standard InChI is InChI=1S/C18H15N5O3/c1-10-12(19)3-2-4-16(10)26-18-22-13(8-17-20-9-21-23(17)18)11-5-6-14(24)15(25)7-11/h2-9,24-25H,19H2,1H3. The number of fused-ring (bicyclic) bond motifs is 1. The number of phenolic OH excluding ortho intramolecular Hbond substituents is 2. The number of nitrogen functional groups attached to an aromatic ring is 1. The summed E-state index contributed by atoms with van der Waals surface area (Å²) in [7, 11) is 0. The summed E-state index contributed by atoms with van der Waals surface area (Å²) in [6.07, 6.45) is 1.40. The quantitative estimate of drug-likeness (QED) is 0.384. The van der Waals surface area contributed by atoms with E-state index >= 15 is 0 Å². The van der Waals surface area contributed by atoms with Crippen LogP contribution in [-0.2, 0) is 0 Å². The number of anilines is 1. The van der Waals surface area contributed by atoms with E-state index < -0.39 is 0 Å². The van der Waals surface area contributed by atoms with Crippen molar-refractivity contribution in [1.29, 1.82) is 0 Å². The minimum Gasteiger partial charge on any atom is -0.504 e. The zero-order chi connectivity index (χ0) is 18.3. The Labute approximate surface area is 148 Å². The molecule has 2 heterocycles. The number of benzene rings is 2. The summed E-state index contributed by atoms with van der Waals surface area (Å²) >= 11 is 0. The third-order valence-corrected chi connectivity index (χ3v) is 4.04. The second-order valence-electron chi connectivity index (χ2n) is 5.73. The highest BCUT2D eigenvalue weighted by Gasteiger charge is 2.14. The largest absolute Gasteiger partial charge is 0.504 e. The second kappa shape index (κ2) is 5.92. The number of rotatable bonds is 3. The third-order valence-electron chi connectivity index (χ3n) is 4.04. The third kappa shape index (κ3) is 2.63. The van der Waals surface area contributed by atoms with Gasteiger partial charge in [0.2, 0.25) is 0 Å².